The summed E-state index contributed by atoms with van der Waals surface area (Å²) in [5, 5.41) is 2.97. The van der Waals surface area contributed by atoms with Gasteiger partial charge in [-0.2, -0.15) is 0 Å². The van der Waals surface area contributed by atoms with E-state index in [-0.39, 0.29) is 12.0 Å². The van der Waals surface area contributed by atoms with Gasteiger partial charge in [0.2, 0.25) is 5.91 Å². The van der Waals surface area contributed by atoms with Crippen LogP contribution < -0.4 is 10.2 Å². The average molecular weight is 276 g/mol. The highest BCUT2D eigenvalue weighted by Crippen LogP contribution is 2.18. The van der Waals surface area contributed by atoms with Crippen LogP contribution in [0.3, 0.4) is 0 Å². The van der Waals surface area contributed by atoms with Gasteiger partial charge in [0, 0.05) is 31.9 Å². The first-order valence-corrected chi connectivity index (χ1v) is 7.42. The first-order chi connectivity index (χ1) is 9.72. The van der Waals surface area contributed by atoms with Crippen LogP contribution in [-0.2, 0) is 9.53 Å². The van der Waals surface area contributed by atoms with Crippen LogP contribution in [0.2, 0.25) is 0 Å². The predicted octanol–water partition coefficient (Wildman–Crippen LogP) is 2.12. The molecule has 1 aliphatic heterocycles. The van der Waals surface area contributed by atoms with Crippen LogP contribution in [-0.4, -0.2) is 38.3 Å². The molecule has 110 valence electrons. The molecule has 1 aromatic carbocycles. The van der Waals surface area contributed by atoms with Crippen molar-refractivity contribution >= 4 is 11.6 Å². The molecular weight excluding hydrogens is 252 g/mol. The van der Waals surface area contributed by atoms with Crippen molar-refractivity contribution in [2.75, 3.05) is 31.1 Å². The van der Waals surface area contributed by atoms with Gasteiger partial charge in [0.1, 0.15) is 6.10 Å². The number of ether oxygens (including phenoxy) is 1. The first kappa shape index (κ1) is 14.9. The van der Waals surface area contributed by atoms with Crippen molar-refractivity contribution in [3.05, 3.63) is 29.8 Å². The highest BCUT2D eigenvalue weighted by molar-refractivity contribution is 5.81. The van der Waals surface area contributed by atoms with E-state index in [9.17, 15) is 4.79 Å². The van der Waals surface area contributed by atoms with E-state index in [0.29, 0.717) is 13.2 Å². The summed E-state index contributed by atoms with van der Waals surface area (Å²) < 4.78 is 5.38. The number of benzene rings is 1. The molecule has 2 rings (SSSR count). The fourth-order valence-electron chi connectivity index (χ4n) is 2.58. The third-order valence-electron chi connectivity index (χ3n) is 3.74. The van der Waals surface area contributed by atoms with E-state index in [2.05, 4.69) is 42.3 Å². The molecule has 0 bridgehead atoms. The standard InChI is InChI=1S/C16H24N2O2/c1-3-18(14-8-5-4-7-13(14)2)11-10-17-16(19)15-9-6-12-20-15/h4-5,7-8,15H,3,6,9-12H2,1-2H3,(H,17,19)/t15-/m0/s1. The second kappa shape index (κ2) is 7.29. The SMILES string of the molecule is CCN(CCNC(=O)[C@@H]1CCCO1)c1ccccc1C. The number of para-hydroxylation sites is 1. The molecule has 0 saturated carbocycles. The lowest BCUT2D eigenvalue weighted by molar-refractivity contribution is -0.129. The van der Waals surface area contributed by atoms with Crippen molar-refractivity contribution in [2.45, 2.75) is 32.8 Å². The maximum atomic E-state index is 11.9. The Hall–Kier alpha value is -1.55. The summed E-state index contributed by atoms with van der Waals surface area (Å²) in [5.74, 6) is 0.0309. The molecule has 4 nitrogen and oxygen atoms in total. The number of hydrogen-bond acceptors (Lipinski definition) is 3. The number of anilines is 1. The van der Waals surface area contributed by atoms with Gasteiger partial charge in [-0.1, -0.05) is 18.2 Å². The van der Waals surface area contributed by atoms with Crippen molar-refractivity contribution in [1.82, 2.24) is 5.32 Å². The third-order valence-corrected chi connectivity index (χ3v) is 3.74. The molecule has 1 aliphatic rings. The van der Waals surface area contributed by atoms with Gasteiger partial charge in [0.15, 0.2) is 0 Å². The van der Waals surface area contributed by atoms with Gasteiger partial charge in [0.05, 0.1) is 0 Å². The Morgan fingerprint density at radius 2 is 2.25 bits per heavy atom. The summed E-state index contributed by atoms with van der Waals surface area (Å²) in [4.78, 5) is 14.1. The quantitative estimate of drug-likeness (QED) is 0.865. The van der Waals surface area contributed by atoms with E-state index in [4.69, 9.17) is 4.74 Å². The lowest BCUT2D eigenvalue weighted by atomic mass is 10.2. The number of hydrogen-bond donors (Lipinski definition) is 1. The monoisotopic (exact) mass is 276 g/mol. The normalized spacial score (nSPS) is 18.0. The van der Waals surface area contributed by atoms with E-state index < -0.39 is 0 Å². The molecule has 1 N–H and O–H groups in total. The van der Waals surface area contributed by atoms with Crippen LogP contribution in [0.4, 0.5) is 5.69 Å². The molecule has 0 aromatic heterocycles. The Kier molecular flexibility index (Phi) is 5.41. The summed E-state index contributed by atoms with van der Waals surface area (Å²) in [6, 6.07) is 8.34. The van der Waals surface area contributed by atoms with Gasteiger partial charge in [-0.3, -0.25) is 4.79 Å². The Labute approximate surface area is 121 Å². The van der Waals surface area contributed by atoms with Crippen molar-refractivity contribution < 1.29 is 9.53 Å². The van der Waals surface area contributed by atoms with Crippen LogP contribution in [0.1, 0.15) is 25.3 Å². The van der Waals surface area contributed by atoms with Crippen molar-refractivity contribution in [3.8, 4) is 0 Å². The minimum absolute atomic E-state index is 0.0309. The van der Waals surface area contributed by atoms with Gasteiger partial charge in [-0.25, -0.2) is 0 Å². The molecule has 0 aliphatic carbocycles. The number of carbonyl (C=O) groups excluding carboxylic acids is 1. The van der Waals surface area contributed by atoms with Crippen molar-refractivity contribution in [3.63, 3.8) is 0 Å². The maximum Gasteiger partial charge on any atom is 0.249 e. The lowest BCUT2D eigenvalue weighted by Crippen LogP contribution is -2.39. The molecule has 4 heteroatoms. The third kappa shape index (κ3) is 3.73. The number of likely N-dealkylation sites (N-methyl/N-ethyl adjacent to an activating group) is 1. The van der Waals surface area contributed by atoms with Gasteiger partial charge in [-0.05, 0) is 38.3 Å². The minimum Gasteiger partial charge on any atom is -0.370 e. The molecule has 0 radical (unpaired) electrons. The smallest absolute Gasteiger partial charge is 0.249 e. The number of rotatable bonds is 6. The van der Waals surface area contributed by atoms with Gasteiger partial charge in [-0.15, -0.1) is 0 Å². The van der Waals surface area contributed by atoms with Crippen molar-refractivity contribution in [1.29, 1.82) is 0 Å². The van der Waals surface area contributed by atoms with Crippen LogP contribution in [0.5, 0.6) is 0 Å². The molecule has 0 unspecified atom stereocenters. The summed E-state index contributed by atoms with van der Waals surface area (Å²) in [7, 11) is 0. The fraction of sp³-hybridized carbons (Fsp3) is 0.562. The maximum absolute atomic E-state index is 11.9. The van der Waals surface area contributed by atoms with Crippen LogP contribution in [0.15, 0.2) is 24.3 Å². The summed E-state index contributed by atoms with van der Waals surface area (Å²) in [6.07, 6.45) is 1.60. The van der Waals surface area contributed by atoms with Gasteiger partial charge < -0.3 is 15.0 Å². The van der Waals surface area contributed by atoms with E-state index in [1.165, 1.54) is 11.3 Å². The summed E-state index contributed by atoms with van der Waals surface area (Å²) in [5.41, 5.74) is 2.50. The van der Waals surface area contributed by atoms with Crippen LogP contribution in [0.25, 0.3) is 0 Å². The molecule has 1 amide bonds. The Morgan fingerprint density at radius 3 is 2.90 bits per heavy atom. The average Bonchev–Trinajstić information content (AvgIpc) is 2.99. The van der Waals surface area contributed by atoms with E-state index >= 15 is 0 Å². The van der Waals surface area contributed by atoms with Crippen LogP contribution in [0, 0.1) is 6.92 Å². The topological polar surface area (TPSA) is 41.6 Å². The predicted molar refractivity (Wildman–Crippen MR) is 81.0 cm³/mol. The highest BCUT2D eigenvalue weighted by atomic mass is 16.5. The second-order valence-electron chi connectivity index (χ2n) is 5.16. The van der Waals surface area contributed by atoms with Crippen LogP contribution >= 0.6 is 0 Å². The summed E-state index contributed by atoms with van der Waals surface area (Å²) in [6.45, 7) is 7.36. The number of nitrogens with zero attached hydrogens (tertiary/aromatic N) is 1. The van der Waals surface area contributed by atoms with E-state index in [0.717, 1.165) is 25.9 Å². The minimum atomic E-state index is -0.233. The highest BCUT2D eigenvalue weighted by Gasteiger charge is 2.23. The zero-order chi connectivity index (χ0) is 14.4. The Morgan fingerprint density at radius 1 is 1.45 bits per heavy atom. The molecule has 1 heterocycles. The molecule has 1 aromatic rings. The largest absolute Gasteiger partial charge is 0.370 e. The van der Waals surface area contributed by atoms with E-state index in [1.54, 1.807) is 0 Å². The fourth-order valence-corrected chi connectivity index (χ4v) is 2.58. The molecule has 20 heavy (non-hydrogen) atoms. The van der Waals surface area contributed by atoms with Gasteiger partial charge >= 0.3 is 0 Å². The lowest BCUT2D eigenvalue weighted by Gasteiger charge is -2.25. The zero-order valence-electron chi connectivity index (χ0n) is 12.4. The number of nitrogens with one attached hydrogen (secondary N) is 1. The molecule has 1 saturated heterocycles. The summed E-state index contributed by atoms with van der Waals surface area (Å²) >= 11 is 0. The molecule has 1 fully saturated rings. The zero-order valence-corrected chi connectivity index (χ0v) is 12.4. The molecular formula is C16H24N2O2. The second-order valence-corrected chi connectivity index (χ2v) is 5.16. The number of carbonyl (C=O) groups is 1. The Balaban J connectivity index is 1.82. The number of amides is 1. The van der Waals surface area contributed by atoms with Gasteiger partial charge in [0.25, 0.3) is 0 Å². The Bertz CT molecular complexity index is 442. The van der Waals surface area contributed by atoms with Crippen molar-refractivity contribution in [2.24, 2.45) is 0 Å². The molecule has 0 spiro atoms. The number of aryl methyl sites for hydroxylation is 1. The molecule has 1 atom stereocenters. The first-order valence-electron chi connectivity index (χ1n) is 7.42. The van der Waals surface area contributed by atoms with E-state index in [1.807, 2.05) is 6.07 Å².